The van der Waals surface area contributed by atoms with Crippen molar-refractivity contribution in [3.8, 4) is 5.88 Å². The molecule has 0 amide bonds. The van der Waals surface area contributed by atoms with Gasteiger partial charge in [0.1, 0.15) is 5.56 Å². The van der Waals surface area contributed by atoms with E-state index in [2.05, 4.69) is 0 Å². The second kappa shape index (κ2) is 7.57. The Morgan fingerprint density at radius 2 is 1.76 bits per heavy atom. The lowest BCUT2D eigenvalue weighted by molar-refractivity contribution is 0.410. The molecule has 0 saturated carbocycles. The molecule has 1 aliphatic rings. The highest BCUT2D eigenvalue weighted by atomic mass is 35.5. The topological polar surface area (TPSA) is 76.6 Å². The van der Waals surface area contributed by atoms with Crippen LogP contribution in [0.15, 0.2) is 68.0 Å². The number of aliphatic imine (C=N–C) groups is 1. The van der Waals surface area contributed by atoms with Crippen molar-refractivity contribution in [2.24, 2.45) is 19.1 Å². The standard InChI is InChI=1S/C21H18ClN3O3S/c1-24-19(26)18(20(27)25(2)21(24)28)15-11-17(12-7-9-13(22)10-8-12)29-16-6-4-3-5-14(16)23-15/h3-10,17,26H,11H2,1-2H3. The van der Waals surface area contributed by atoms with Crippen molar-refractivity contribution in [2.45, 2.75) is 16.6 Å². The fourth-order valence-electron chi connectivity index (χ4n) is 3.32. The summed E-state index contributed by atoms with van der Waals surface area (Å²) in [5.74, 6) is -0.379. The van der Waals surface area contributed by atoms with E-state index < -0.39 is 11.2 Å². The summed E-state index contributed by atoms with van der Waals surface area (Å²) in [6, 6.07) is 15.2. The number of thioether (sulfide) groups is 1. The zero-order valence-corrected chi connectivity index (χ0v) is 17.4. The van der Waals surface area contributed by atoms with Crippen LogP contribution in [0.1, 0.15) is 22.8 Å². The first kappa shape index (κ1) is 19.5. The number of halogens is 1. The summed E-state index contributed by atoms with van der Waals surface area (Å²) >= 11 is 7.68. The largest absolute Gasteiger partial charge is 0.494 e. The van der Waals surface area contributed by atoms with Gasteiger partial charge < -0.3 is 5.11 Å². The SMILES string of the molecule is Cn1c(O)c(C2=Nc3ccccc3SC(c3ccc(Cl)cc3)C2)c(=O)n(C)c1=O. The van der Waals surface area contributed by atoms with Crippen LogP contribution in [0.4, 0.5) is 5.69 Å². The highest BCUT2D eigenvalue weighted by Crippen LogP contribution is 2.45. The zero-order valence-electron chi connectivity index (χ0n) is 15.8. The Kier molecular flexibility index (Phi) is 5.10. The first-order chi connectivity index (χ1) is 13.9. The van der Waals surface area contributed by atoms with Crippen molar-refractivity contribution < 1.29 is 5.11 Å². The number of benzene rings is 2. The van der Waals surface area contributed by atoms with Gasteiger partial charge in [-0.15, -0.1) is 11.8 Å². The average Bonchev–Trinajstić information content (AvgIpc) is 2.91. The molecule has 6 nitrogen and oxygen atoms in total. The maximum absolute atomic E-state index is 12.9. The number of para-hydroxylation sites is 1. The van der Waals surface area contributed by atoms with Gasteiger partial charge in [0.2, 0.25) is 5.88 Å². The van der Waals surface area contributed by atoms with Crippen LogP contribution < -0.4 is 11.2 Å². The predicted octanol–water partition coefficient (Wildman–Crippen LogP) is 3.80. The maximum Gasteiger partial charge on any atom is 0.333 e. The van der Waals surface area contributed by atoms with Crippen LogP contribution >= 0.6 is 23.4 Å². The maximum atomic E-state index is 12.9. The molecular formula is C21H18ClN3O3S. The quantitative estimate of drug-likeness (QED) is 0.674. The average molecular weight is 428 g/mol. The Balaban J connectivity index is 1.93. The summed E-state index contributed by atoms with van der Waals surface area (Å²) < 4.78 is 2.04. The number of nitrogens with zero attached hydrogens (tertiary/aromatic N) is 3. The van der Waals surface area contributed by atoms with Gasteiger partial charge in [-0.1, -0.05) is 35.9 Å². The first-order valence-corrected chi connectivity index (χ1v) is 10.2. The molecule has 0 radical (unpaired) electrons. The van der Waals surface area contributed by atoms with Gasteiger partial charge >= 0.3 is 5.69 Å². The van der Waals surface area contributed by atoms with E-state index in [4.69, 9.17) is 16.6 Å². The van der Waals surface area contributed by atoms with E-state index in [9.17, 15) is 14.7 Å². The Morgan fingerprint density at radius 3 is 2.48 bits per heavy atom. The van der Waals surface area contributed by atoms with Crippen LogP contribution in [0.5, 0.6) is 5.88 Å². The fourth-order valence-corrected chi connectivity index (χ4v) is 4.68. The predicted molar refractivity (Wildman–Crippen MR) is 116 cm³/mol. The summed E-state index contributed by atoms with van der Waals surface area (Å²) in [5, 5.41) is 11.2. The van der Waals surface area contributed by atoms with E-state index in [1.165, 1.54) is 14.1 Å². The van der Waals surface area contributed by atoms with E-state index in [1.807, 2.05) is 48.5 Å². The van der Waals surface area contributed by atoms with Crippen LogP contribution in [0.25, 0.3) is 0 Å². The highest BCUT2D eigenvalue weighted by molar-refractivity contribution is 7.99. The van der Waals surface area contributed by atoms with Gasteiger partial charge in [0.15, 0.2) is 0 Å². The normalized spacial score (nSPS) is 16.1. The number of aromatic nitrogens is 2. The van der Waals surface area contributed by atoms with Crippen LogP contribution in [0, 0.1) is 0 Å². The van der Waals surface area contributed by atoms with E-state index in [0.29, 0.717) is 17.2 Å². The summed E-state index contributed by atoms with van der Waals surface area (Å²) in [6.45, 7) is 0. The van der Waals surface area contributed by atoms with Crippen LogP contribution in [-0.2, 0) is 14.1 Å². The number of hydrogen-bond acceptors (Lipinski definition) is 5. The van der Waals surface area contributed by atoms with Gasteiger partial charge in [-0.25, -0.2) is 4.79 Å². The second-order valence-electron chi connectivity index (χ2n) is 6.79. The van der Waals surface area contributed by atoms with Crippen LogP contribution in [-0.4, -0.2) is 20.0 Å². The molecule has 2 heterocycles. The molecule has 1 N–H and O–H groups in total. The molecule has 0 bridgehead atoms. The van der Waals surface area contributed by atoms with Crippen LogP contribution in [0.3, 0.4) is 0 Å². The molecule has 3 aromatic rings. The minimum atomic E-state index is -0.588. The molecule has 1 atom stereocenters. The van der Waals surface area contributed by atoms with Gasteiger partial charge in [0.05, 0.1) is 11.4 Å². The Hall–Kier alpha value is -2.77. The lowest BCUT2D eigenvalue weighted by Crippen LogP contribution is -2.40. The molecule has 2 aromatic carbocycles. The second-order valence-corrected chi connectivity index (χ2v) is 8.47. The summed E-state index contributed by atoms with van der Waals surface area (Å²) in [4.78, 5) is 30.7. The van der Waals surface area contributed by atoms with Crippen molar-refractivity contribution in [1.29, 1.82) is 0 Å². The third-order valence-electron chi connectivity index (χ3n) is 4.93. The zero-order chi connectivity index (χ0) is 20.7. The molecule has 4 rings (SSSR count). The molecule has 1 aliphatic heterocycles. The number of fused-ring (bicyclic) bond motifs is 1. The molecular weight excluding hydrogens is 410 g/mol. The third kappa shape index (κ3) is 3.52. The highest BCUT2D eigenvalue weighted by Gasteiger charge is 2.27. The number of rotatable bonds is 2. The monoisotopic (exact) mass is 427 g/mol. The molecule has 148 valence electrons. The van der Waals surface area contributed by atoms with Gasteiger partial charge in [-0.05, 0) is 29.8 Å². The van der Waals surface area contributed by atoms with Gasteiger partial charge in [0, 0.05) is 35.7 Å². The third-order valence-corrected chi connectivity index (χ3v) is 6.51. The molecule has 0 spiro atoms. The van der Waals surface area contributed by atoms with Gasteiger partial charge in [-0.3, -0.25) is 18.9 Å². The molecule has 8 heteroatoms. The van der Waals surface area contributed by atoms with Crippen molar-refractivity contribution in [2.75, 3.05) is 0 Å². The molecule has 1 unspecified atom stereocenters. The minimum Gasteiger partial charge on any atom is -0.494 e. The molecule has 0 aliphatic carbocycles. The lowest BCUT2D eigenvalue weighted by atomic mass is 10.0. The van der Waals surface area contributed by atoms with E-state index in [-0.39, 0.29) is 16.7 Å². The summed E-state index contributed by atoms with van der Waals surface area (Å²) in [5.41, 5.74) is 1.09. The Morgan fingerprint density at radius 1 is 1.07 bits per heavy atom. The van der Waals surface area contributed by atoms with Crippen molar-refractivity contribution in [3.05, 3.63) is 85.5 Å². The Bertz CT molecular complexity index is 1250. The molecule has 0 saturated heterocycles. The summed E-state index contributed by atoms with van der Waals surface area (Å²) in [6.07, 6.45) is 0.405. The van der Waals surface area contributed by atoms with Crippen LogP contribution in [0.2, 0.25) is 5.02 Å². The number of hydrogen-bond donors (Lipinski definition) is 1. The van der Waals surface area contributed by atoms with E-state index >= 15 is 0 Å². The Labute approximate surface area is 176 Å². The summed E-state index contributed by atoms with van der Waals surface area (Å²) in [7, 11) is 2.82. The molecule has 0 fully saturated rings. The lowest BCUT2D eigenvalue weighted by Gasteiger charge is -2.17. The van der Waals surface area contributed by atoms with Crippen molar-refractivity contribution >= 4 is 34.8 Å². The molecule has 29 heavy (non-hydrogen) atoms. The van der Waals surface area contributed by atoms with Gasteiger partial charge in [-0.2, -0.15) is 0 Å². The van der Waals surface area contributed by atoms with E-state index in [0.717, 1.165) is 25.3 Å². The first-order valence-electron chi connectivity index (χ1n) is 8.95. The smallest absolute Gasteiger partial charge is 0.333 e. The minimum absolute atomic E-state index is 0.0454. The fraction of sp³-hybridized carbons (Fsp3) is 0.190. The van der Waals surface area contributed by atoms with Gasteiger partial charge in [0.25, 0.3) is 5.56 Å². The van der Waals surface area contributed by atoms with Crippen molar-refractivity contribution in [1.82, 2.24) is 9.13 Å². The van der Waals surface area contributed by atoms with E-state index in [1.54, 1.807) is 11.8 Å². The number of aromatic hydroxyl groups is 1. The molecule has 1 aromatic heterocycles. The van der Waals surface area contributed by atoms with Crippen molar-refractivity contribution in [3.63, 3.8) is 0 Å².